The zero-order chi connectivity index (χ0) is 18.0. The van der Waals surface area contributed by atoms with Crippen LogP contribution in [0.3, 0.4) is 0 Å². The molecule has 1 unspecified atom stereocenters. The van der Waals surface area contributed by atoms with Crippen molar-refractivity contribution in [1.29, 1.82) is 0 Å². The first-order valence-corrected chi connectivity index (χ1v) is 8.51. The number of hydrogen-bond donors (Lipinski definition) is 1. The first kappa shape index (κ1) is 17.2. The lowest BCUT2D eigenvalue weighted by Gasteiger charge is -2.31. The van der Waals surface area contributed by atoms with E-state index in [4.69, 9.17) is 4.74 Å². The van der Waals surface area contributed by atoms with E-state index in [1.165, 1.54) is 0 Å². The van der Waals surface area contributed by atoms with Gasteiger partial charge in [-0.1, -0.05) is 0 Å². The fourth-order valence-electron chi connectivity index (χ4n) is 3.19. The second-order valence-corrected chi connectivity index (χ2v) is 6.28. The normalized spacial score (nSPS) is 17.6. The van der Waals surface area contributed by atoms with Crippen LogP contribution in [0, 0.1) is 12.8 Å². The summed E-state index contributed by atoms with van der Waals surface area (Å²) in [5, 5.41) is 8.16. The fraction of sp³-hybridized carbons (Fsp3) is 0.529. The molecule has 0 aliphatic carbocycles. The van der Waals surface area contributed by atoms with Crippen molar-refractivity contribution in [1.82, 2.24) is 19.7 Å². The van der Waals surface area contributed by atoms with Gasteiger partial charge in [-0.2, -0.15) is 5.10 Å². The minimum atomic E-state index is -0.353. The molecule has 2 aromatic rings. The predicted molar refractivity (Wildman–Crippen MR) is 93.2 cm³/mol. The average Bonchev–Trinajstić information content (AvgIpc) is 2.89. The van der Waals surface area contributed by atoms with Crippen LogP contribution in [0.5, 0.6) is 0 Å². The van der Waals surface area contributed by atoms with Gasteiger partial charge in [0.15, 0.2) is 5.65 Å². The van der Waals surface area contributed by atoms with Gasteiger partial charge < -0.3 is 15.0 Å². The third kappa shape index (κ3) is 3.57. The summed E-state index contributed by atoms with van der Waals surface area (Å²) in [5.41, 5.74) is 2.29. The van der Waals surface area contributed by atoms with E-state index in [1.807, 2.05) is 20.0 Å². The number of pyridine rings is 1. The third-order valence-electron chi connectivity index (χ3n) is 4.45. The molecule has 0 spiro atoms. The lowest BCUT2D eigenvalue weighted by Crippen LogP contribution is -2.44. The van der Waals surface area contributed by atoms with Crippen molar-refractivity contribution in [3.05, 3.63) is 18.0 Å². The van der Waals surface area contributed by atoms with E-state index in [0.717, 1.165) is 29.6 Å². The van der Waals surface area contributed by atoms with E-state index in [1.54, 1.807) is 22.7 Å². The molecule has 1 saturated heterocycles. The summed E-state index contributed by atoms with van der Waals surface area (Å²) in [6, 6.07) is 1.88. The first-order chi connectivity index (χ1) is 12.0. The van der Waals surface area contributed by atoms with Crippen LogP contribution in [0.4, 0.5) is 10.5 Å². The van der Waals surface area contributed by atoms with Gasteiger partial charge in [0.1, 0.15) is 0 Å². The Morgan fingerprint density at radius 3 is 3.00 bits per heavy atom. The summed E-state index contributed by atoms with van der Waals surface area (Å²) < 4.78 is 6.74. The Bertz CT molecular complexity index is 801. The molecule has 3 heterocycles. The maximum atomic E-state index is 12.6. The Morgan fingerprint density at radius 2 is 2.24 bits per heavy atom. The second-order valence-electron chi connectivity index (χ2n) is 6.28. The molecule has 25 heavy (non-hydrogen) atoms. The molecule has 134 valence electrons. The molecule has 1 N–H and O–H groups in total. The van der Waals surface area contributed by atoms with Crippen LogP contribution in [0.1, 0.15) is 25.5 Å². The number of nitrogens with zero attached hydrogens (tertiary/aromatic N) is 4. The number of likely N-dealkylation sites (tertiary alicyclic amines) is 1. The summed E-state index contributed by atoms with van der Waals surface area (Å²) in [7, 11) is 1.84. The van der Waals surface area contributed by atoms with E-state index < -0.39 is 0 Å². The summed E-state index contributed by atoms with van der Waals surface area (Å²) in [6.45, 7) is 5.03. The fourth-order valence-corrected chi connectivity index (χ4v) is 3.19. The molecule has 3 rings (SSSR count). The monoisotopic (exact) mass is 345 g/mol. The van der Waals surface area contributed by atoms with Gasteiger partial charge in [-0.25, -0.2) is 9.78 Å². The number of hydrogen-bond acceptors (Lipinski definition) is 5. The van der Waals surface area contributed by atoms with Crippen molar-refractivity contribution in [2.45, 2.75) is 26.7 Å². The molecule has 0 radical (unpaired) electrons. The summed E-state index contributed by atoms with van der Waals surface area (Å²) in [6.07, 6.45) is 2.82. The number of amides is 2. The summed E-state index contributed by atoms with van der Waals surface area (Å²) >= 11 is 0. The highest BCUT2D eigenvalue weighted by Gasteiger charge is 2.29. The number of nitrogens with one attached hydrogen (secondary N) is 1. The quantitative estimate of drug-likeness (QED) is 0.920. The molecular formula is C17H23N5O3. The number of aryl methyl sites for hydroxylation is 2. The first-order valence-electron chi connectivity index (χ1n) is 8.51. The number of fused-ring (bicyclic) bond motifs is 1. The molecule has 2 amide bonds. The van der Waals surface area contributed by atoms with E-state index in [9.17, 15) is 9.59 Å². The van der Waals surface area contributed by atoms with Crippen LogP contribution in [-0.2, 0) is 16.6 Å². The van der Waals surface area contributed by atoms with Gasteiger partial charge in [-0.15, -0.1) is 0 Å². The van der Waals surface area contributed by atoms with E-state index in [0.29, 0.717) is 25.4 Å². The predicted octanol–water partition coefficient (Wildman–Crippen LogP) is 2.08. The molecule has 1 aliphatic heterocycles. The Hall–Kier alpha value is -2.64. The minimum absolute atomic E-state index is 0.100. The van der Waals surface area contributed by atoms with Crippen LogP contribution in [0.15, 0.2) is 12.3 Å². The van der Waals surface area contributed by atoms with Gasteiger partial charge in [-0.05, 0) is 32.8 Å². The Balaban J connectivity index is 1.69. The standard InChI is InChI=1S/C17H23N5O3/c1-4-25-17(24)22-7-5-6-12(10-22)16(23)19-13-8-14-11(2)20-21(3)15(14)18-9-13/h8-9,12H,4-7,10H2,1-3H3,(H,19,23). The van der Waals surface area contributed by atoms with Gasteiger partial charge in [0.2, 0.25) is 5.91 Å². The Kier molecular flexibility index (Phi) is 4.87. The van der Waals surface area contributed by atoms with Gasteiger partial charge in [-0.3, -0.25) is 9.48 Å². The molecular weight excluding hydrogens is 322 g/mol. The molecule has 0 aromatic carbocycles. The number of carbonyl (C=O) groups is 2. The Labute approximate surface area is 146 Å². The van der Waals surface area contributed by atoms with Crippen LogP contribution < -0.4 is 5.32 Å². The second kappa shape index (κ2) is 7.08. The number of carbonyl (C=O) groups excluding carboxylic acids is 2. The van der Waals surface area contributed by atoms with Gasteiger partial charge in [0.05, 0.1) is 30.1 Å². The third-order valence-corrected chi connectivity index (χ3v) is 4.45. The van der Waals surface area contributed by atoms with Crippen molar-refractivity contribution >= 4 is 28.7 Å². The lowest BCUT2D eigenvalue weighted by molar-refractivity contribution is -0.121. The number of anilines is 1. The molecule has 8 heteroatoms. The molecule has 0 bridgehead atoms. The topological polar surface area (TPSA) is 89.3 Å². The van der Waals surface area contributed by atoms with Gasteiger partial charge in [0, 0.05) is 25.5 Å². The number of piperidine rings is 1. The van der Waals surface area contributed by atoms with Gasteiger partial charge in [0.25, 0.3) is 0 Å². The highest BCUT2D eigenvalue weighted by molar-refractivity contribution is 5.95. The van der Waals surface area contributed by atoms with Crippen molar-refractivity contribution in [3.8, 4) is 0 Å². The maximum absolute atomic E-state index is 12.6. The number of aromatic nitrogens is 3. The van der Waals surface area contributed by atoms with E-state index >= 15 is 0 Å². The summed E-state index contributed by atoms with van der Waals surface area (Å²) in [4.78, 5) is 30.4. The summed E-state index contributed by atoms with van der Waals surface area (Å²) in [5.74, 6) is -0.347. The lowest BCUT2D eigenvalue weighted by atomic mass is 9.97. The van der Waals surface area contributed by atoms with Crippen LogP contribution in [0.25, 0.3) is 11.0 Å². The largest absolute Gasteiger partial charge is 0.450 e. The number of rotatable bonds is 3. The van der Waals surface area contributed by atoms with E-state index in [2.05, 4.69) is 15.4 Å². The van der Waals surface area contributed by atoms with Gasteiger partial charge >= 0.3 is 6.09 Å². The smallest absolute Gasteiger partial charge is 0.409 e. The molecule has 1 fully saturated rings. The Morgan fingerprint density at radius 1 is 1.44 bits per heavy atom. The van der Waals surface area contributed by atoms with Crippen LogP contribution >= 0.6 is 0 Å². The van der Waals surface area contributed by atoms with E-state index in [-0.39, 0.29) is 17.9 Å². The molecule has 8 nitrogen and oxygen atoms in total. The minimum Gasteiger partial charge on any atom is -0.450 e. The van der Waals surface area contributed by atoms with Crippen LogP contribution in [0.2, 0.25) is 0 Å². The average molecular weight is 345 g/mol. The maximum Gasteiger partial charge on any atom is 0.409 e. The van der Waals surface area contributed by atoms with Crippen molar-refractivity contribution < 1.29 is 14.3 Å². The molecule has 1 aliphatic rings. The van der Waals surface area contributed by atoms with Crippen molar-refractivity contribution in [3.63, 3.8) is 0 Å². The van der Waals surface area contributed by atoms with Crippen LogP contribution in [-0.4, -0.2) is 51.4 Å². The SMILES string of the molecule is CCOC(=O)N1CCCC(C(=O)Nc2cnc3c(c2)c(C)nn3C)C1. The zero-order valence-corrected chi connectivity index (χ0v) is 14.8. The highest BCUT2D eigenvalue weighted by Crippen LogP contribution is 2.22. The molecule has 1 atom stereocenters. The van der Waals surface area contributed by atoms with Crippen molar-refractivity contribution in [2.75, 3.05) is 25.0 Å². The molecule has 0 saturated carbocycles. The molecule has 2 aromatic heterocycles. The zero-order valence-electron chi connectivity index (χ0n) is 14.8. The number of ether oxygens (including phenoxy) is 1. The van der Waals surface area contributed by atoms with Crippen molar-refractivity contribution in [2.24, 2.45) is 13.0 Å². The highest BCUT2D eigenvalue weighted by atomic mass is 16.6.